The van der Waals surface area contributed by atoms with Crippen molar-refractivity contribution in [1.29, 1.82) is 0 Å². The highest BCUT2D eigenvalue weighted by molar-refractivity contribution is 5.79. The monoisotopic (exact) mass is 236 g/mol. The lowest BCUT2D eigenvalue weighted by Gasteiger charge is -2.13. The Kier molecular flexibility index (Phi) is 6.03. The van der Waals surface area contributed by atoms with Crippen molar-refractivity contribution in [3.63, 3.8) is 0 Å². The van der Waals surface area contributed by atoms with Gasteiger partial charge < -0.3 is 16.3 Å². The number of pyridine rings is 1. The van der Waals surface area contributed by atoms with Crippen LogP contribution in [0.4, 0.5) is 0 Å². The minimum Gasteiger partial charge on any atom is -0.409 e. The van der Waals surface area contributed by atoms with Gasteiger partial charge in [0.05, 0.1) is 0 Å². The molecule has 17 heavy (non-hydrogen) atoms. The molecule has 0 spiro atoms. The van der Waals surface area contributed by atoms with Gasteiger partial charge in [-0.15, -0.1) is 0 Å². The lowest BCUT2D eigenvalue weighted by Crippen LogP contribution is -2.20. The topological polar surface area (TPSA) is 83.5 Å². The fourth-order valence-electron chi connectivity index (χ4n) is 1.55. The predicted octanol–water partition coefficient (Wildman–Crippen LogP) is 1.65. The second-order valence-electron chi connectivity index (χ2n) is 4.01. The zero-order valence-electron chi connectivity index (χ0n) is 10.1. The molecule has 0 aliphatic heterocycles. The Morgan fingerprint density at radius 2 is 2.41 bits per heavy atom. The highest BCUT2D eigenvalue weighted by Gasteiger charge is 2.03. The number of hydrogen-bond acceptors (Lipinski definition) is 4. The molecule has 5 nitrogen and oxygen atoms in total. The number of oxime groups is 1. The molecule has 0 radical (unpaired) electrons. The lowest BCUT2D eigenvalue weighted by molar-refractivity contribution is 0.316. The Morgan fingerprint density at radius 3 is 3.06 bits per heavy atom. The molecule has 5 heteroatoms. The normalized spacial score (nSPS) is 13.6. The predicted molar refractivity (Wildman–Crippen MR) is 67.9 cm³/mol. The summed E-state index contributed by atoms with van der Waals surface area (Å²) in [5.41, 5.74) is 6.56. The van der Waals surface area contributed by atoms with Crippen molar-refractivity contribution in [3.05, 3.63) is 30.1 Å². The van der Waals surface area contributed by atoms with E-state index in [4.69, 9.17) is 10.9 Å². The maximum atomic E-state index is 8.37. The van der Waals surface area contributed by atoms with E-state index >= 15 is 0 Å². The quantitative estimate of drug-likeness (QED) is 0.221. The molecule has 1 aromatic rings. The number of amidine groups is 1. The molecule has 0 saturated carbocycles. The number of rotatable bonds is 7. The Balaban J connectivity index is 2.15. The first kappa shape index (κ1) is 13.4. The maximum Gasteiger partial charge on any atom is 0.139 e. The number of nitrogens with two attached hydrogens (primary N) is 1. The first-order chi connectivity index (χ1) is 8.24. The second-order valence-corrected chi connectivity index (χ2v) is 4.01. The SMILES string of the molecule is C[C@H](NCCCC/C(N)=N/O)c1cccnc1. The summed E-state index contributed by atoms with van der Waals surface area (Å²) in [5.74, 6) is 0.297. The van der Waals surface area contributed by atoms with E-state index in [1.807, 2.05) is 12.3 Å². The number of nitrogens with zero attached hydrogens (tertiary/aromatic N) is 2. The van der Waals surface area contributed by atoms with E-state index in [1.54, 1.807) is 6.20 Å². The summed E-state index contributed by atoms with van der Waals surface area (Å²) < 4.78 is 0. The van der Waals surface area contributed by atoms with E-state index < -0.39 is 0 Å². The van der Waals surface area contributed by atoms with Crippen LogP contribution in [0.25, 0.3) is 0 Å². The van der Waals surface area contributed by atoms with Crippen LogP contribution in [-0.4, -0.2) is 22.6 Å². The van der Waals surface area contributed by atoms with E-state index in [0.717, 1.165) is 19.4 Å². The molecule has 0 fully saturated rings. The number of nitrogens with one attached hydrogen (secondary N) is 1. The standard InChI is InChI=1S/C12H20N4O/c1-10(11-5-4-7-14-9-11)15-8-3-2-6-12(13)16-17/h4-5,7,9-10,15,17H,2-3,6,8H2,1H3,(H2,13,16)/t10-/m0/s1. The molecule has 4 N–H and O–H groups in total. The summed E-state index contributed by atoms with van der Waals surface area (Å²) in [7, 11) is 0. The van der Waals surface area contributed by atoms with Gasteiger partial charge in [0.15, 0.2) is 0 Å². The molecule has 0 saturated heterocycles. The summed E-state index contributed by atoms with van der Waals surface area (Å²) in [6.45, 7) is 3.02. The van der Waals surface area contributed by atoms with Crippen LogP contribution in [0.2, 0.25) is 0 Å². The van der Waals surface area contributed by atoms with Crippen LogP contribution >= 0.6 is 0 Å². The summed E-state index contributed by atoms with van der Waals surface area (Å²) >= 11 is 0. The van der Waals surface area contributed by atoms with Gasteiger partial charge in [-0.25, -0.2) is 0 Å². The van der Waals surface area contributed by atoms with E-state index in [0.29, 0.717) is 18.3 Å². The fourth-order valence-corrected chi connectivity index (χ4v) is 1.55. The molecule has 0 amide bonds. The molecule has 0 aromatic carbocycles. The highest BCUT2D eigenvalue weighted by Crippen LogP contribution is 2.09. The van der Waals surface area contributed by atoms with E-state index in [9.17, 15) is 0 Å². The van der Waals surface area contributed by atoms with Crippen molar-refractivity contribution in [2.45, 2.75) is 32.2 Å². The molecule has 94 valence electrons. The summed E-state index contributed by atoms with van der Waals surface area (Å²) in [6, 6.07) is 4.29. The van der Waals surface area contributed by atoms with Crippen LogP contribution in [0.5, 0.6) is 0 Å². The zero-order valence-corrected chi connectivity index (χ0v) is 10.1. The Labute approximate surface area is 102 Å². The minimum absolute atomic E-state index is 0.297. The smallest absolute Gasteiger partial charge is 0.139 e. The largest absolute Gasteiger partial charge is 0.409 e. The summed E-state index contributed by atoms with van der Waals surface area (Å²) in [5, 5.41) is 14.7. The van der Waals surface area contributed by atoms with Crippen LogP contribution in [0, 0.1) is 0 Å². The molecular weight excluding hydrogens is 216 g/mol. The first-order valence-corrected chi connectivity index (χ1v) is 5.83. The minimum atomic E-state index is 0.297. The molecule has 0 bridgehead atoms. The van der Waals surface area contributed by atoms with Crippen molar-refractivity contribution in [1.82, 2.24) is 10.3 Å². The van der Waals surface area contributed by atoms with Gasteiger partial charge in [0.25, 0.3) is 0 Å². The number of aromatic nitrogens is 1. The molecule has 0 aliphatic carbocycles. The van der Waals surface area contributed by atoms with Crippen LogP contribution in [-0.2, 0) is 0 Å². The zero-order chi connectivity index (χ0) is 12.5. The van der Waals surface area contributed by atoms with Crippen molar-refractivity contribution in [2.24, 2.45) is 10.9 Å². The lowest BCUT2D eigenvalue weighted by atomic mass is 10.1. The average Bonchev–Trinajstić information content (AvgIpc) is 2.38. The molecule has 1 aromatic heterocycles. The van der Waals surface area contributed by atoms with Crippen molar-refractivity contribution in [3.8, 4) is 0 Å². The first-order valence-electron chi connectivity index (χ1n) is 5.83. The molecule has 1 rings (SSSR count). The Bertz CT molecular complexity index is 340. The van der Waals surface area contributed by atoms with Crippen LogP contribution in [0.1, 0.15) is 37.8 Å². The molecular formula is C12H20N4O. The van der Waals surface area contributed by atoms with Crippen LogP contribution in [0.3, 0.4) is 0 Å². The Hall–Kier alpha value is -1.62. The number of hydrogen-bond donors (Lipinski definition) is 3. The number of unbranched alkanes of at least 4 members (excludes halogenated alkanes) is 1. The van der Waals surface area contributed by atoms with Gasteiger partial charge in [-0.05, 0) is 37.9 Å². The van der Waals surface area contributed by atoms with Gasteiger partial charge in [-0.1, -0.05) is 11.2 Å². The Morgan fingerprint density at radius 1 is 1.59 bits per heavy atom. The van der Waals surface area contributed by atoms with Crippen LogP contribution in [0.15, 0.2) is 29.7 Å². The van der Waals surface area contributed by atoms with Gasteiger partial charge in [0, 0.05) is 24.9 Å². The van der Waals surface area contributed by atoms with E-state index in [-0.39, 0.29) is 0 Å². The molecule has 1 heterocycles. The highest BCUT2D eigenvalue weighted by atomic mass is 16.4. The van der Waals surface area contributed by atoms with Crippen molar-refractivity contribution < 1.29 is 5.21 Å². The second kappa shape index (κ2) is 7.62. The van der Waals surface area contributed by atoms with Gasteiger partial charge >= 0.3 is 0 Å². The van der Waals surface area contributed by atoms with E-state index in [2.05, 4.69) is 28.4 Å². The van der Waals surface area contributed by atoms with Crippen LogP contribution < -0.4 is 11.1 Å². The summed E-state index contributed by atoms with van der Waals surface area (Å²) in [6.07, 6.45) is 6.20. The van der Waals surface area contributed by atoms with Gasteiger partial charge in [0.1, 0.15) is 5.84 Å². The fraction of sp³-hybridized carbons (Fsp3) is 0.500. The van der Waals surface area contributed by atoms with Gasteiger partial charge in [-0.3, -0.25) is 4.98 Å². The third-order valence-corrected chi connectivity index (χ3v) is 2.62. The van der Waals surface area contributed by atoms with Crippen molar-refractivity contribution in [2.75, 3.05) is 6.54 Å². The van der Waals surface area contributed by atoms with E-state index in [1.165, 1.54) is 5.56 Å². The molecule has 0 unspecified atom stereocenters. The molecule has 1 atom stereocenters. The third kappa shape index (κ3) is 5.31. The van der Waals surface area contributed by atoms with Gasteiger partial charge in [0.2, 0.25) is 0 Å². The van der Waals surface area contributed by atoms with Gasteiger partial charge in [-0.2, -0.15) is 0 Å². The third-order valence-electron chi connectivity index (χ3n) is 2.62. The average molecular weight is 236 g/mol. The summed E-state index contributed by atoms with van der Waals surface area (Å²) in [4.78, 5) is 4.08. The molecule has 0 aliphatic rings. The van der Waals surface area contributed by atoms with Crippen molar-refractivity contribution >= 4 is 5.84 Å². The maximum absolute atomic E-state index is 8.37.